The fourth-order valence-corrected chi connectivity index (χ4v) is 1.85. The zero-order valence-electron chi connectivity index (χ0n) is 11.6. The monoisotopic (exact) mass is 266 g/mol. The molecule has 0 saturated carbocycles. The van der Waals surface area contributed by atoms with Crippen molar-refractivity contribution < 1.29 is 9.59 Å². The van der Waals surface area contributed by atoms with Gasteiger partial charge in [0.1, 0.15) is 0 Å². The lowest BCUT2D eigenvalue weighted by Crippen LogP contribution is -2.51. The van der Waals surface area contributed by atoms with Gasteiger partial charge in [0.2, 0.25) is 11.8 Å². The van der Waals surface area contributed by atoms with Crippen LogP contribution < -0.4 is 10.6 Å². The highest BCUT2D eigenvalue weighted by atomic mass is 16.2. The average Bonchev–Trinajstić information content (AvgIpc) is 2.44. The number of hydrogen-bond acceptors (Lipinski definition) is 4. The molecule has 0 radical (unpaired) electrons. The standard InChI is InChI=1S/C13H22N4O2/c1-4-5-15-13(19)11(2)16(3)10-12(18)17-8-6-14-7-9-17/h1,11,14H,5-10H2,2-3H3,(H,15,19). The molecule has 0 aromatic heterocycles. The minimum atomic E-state index is -0.375. The van der Waals surface area contributed by atoms with Crippen molar-refractivity contribution in [1.29, 1.82) is 0 Å². The molecule has 2 amide bonds. The summed E-state index contributed by atoms with van der Waals surface area (Å²) >= 11 is 0. The Kier molecular flexibility index (Phi) is 6.33. The van der Waals surface area contributed by atoms with Crippen molar-refractivity contribution in [2.75, 3.05) is 46.3 Å². The molecule has 1 saturated heterocycles. The van der Waals surface area contributed by atoms with E-state index < -0.39 is 0 Å². The molecule has 1 atom stereocenters. The van der Waals surface area contributed by atoms with E-state index in [4.69, 9.17) is 6.42 Å². The molecule has 1 heterocycles. The molecular formula is C13H22N4O2. The van der Waals surface area contributed by atoms with Crippen molar-refractivity contribution in [3.8, 4) is 12.3 Å². The lowest BCUT2D eigenvalue weighted by molar-refractivity contribution is -0.134. The summed E-state index contributed by atoms with van der Waals surface area (Å²) in [5.74, 6) is 2.25. The van der Waals surface area contributed by atoms with E-state index in [9.17, 15) is 9.59 Å². The molecule has 19 heavy (non-hydrogen) atoms. The van der Waals surface area contributed by atoms with E-state index in [2.05, 4.69) is 16.6 Å². The Bertz CT molecular complexity index is 358. The van der Waals surface area contributed by atoms with Crippen molar-refractivity contribution >= 4 is 11.8 Å². The molecule has 2 N–H and O–H groups in total. The fraction of sp³-hybridized carbons (Fsp3) is 0.692. The second-order valence-electron chi connectivity index (χ2n) is 4.64. The van der Waals surface area contributed by atoms with Crippen molar-refractivity contribution in [2.45, 2.75) is 13.0 Å². The molecule has 1 unspecified atom stereocenters. The Labute approximate surface area is 114 Å². The van der Waals surface area contributed by atoms with Gasteiger partial charge in [-0.3, -0.25) is 14.5 Å². The van der Waals surface area contributed by atoms with Gasteiger partial charge >= 0.3 is 0 Å². The summed E-state index contributed by atoms with van der Waals surface area (Å²) in [6, 6.07) is -0.375. The Morgan fingerprint density at radius 2 is 2.11 bits per heavy atom. The van der Waals surface area contributed by atoms with Gasteiger partial charge in [-0.1, -0.05) is 5.92 Å². The van der Waals surface area contributed by atoms with Crippen LogP contribution in [0.4, 0.5) is 0 Å². The van der Waals surface area contributed by atoms with Gasteiger partial charge in [-0.15, -0.1) is 6.42 Å². The van der Waals surface area contributed by atoms with E-state index in [1.54, 1.807) is 18.9 Å². The maximum absolute atomic E-state index is 12.0. The third-order valence-corrected chi connectivity index (χ3v) is 3.26. The van der Waals surface area contributed by atoms with Crippen molar-refractivity contribution in [3.63, 3.8) is 0 Å². The Morgan fingerprint density at radius 3 is 2.68 bits per heavy atom. The largest absolute Gasteiger partial charge is 0.344 e. The molecule has 6 nitrogen and oxygen atoms in total. The van der Waals surface area contributed by atoms with Crippen molar-refractivity contribution in [3.05, 3.63) is 0 Å². The van der Waals surface area contributed by atoms with Gasteiger partial charge < -0.3 is 15.5 Å². The minimum absolute atomic E-state index is 0.0561. The zero-order chi connectivity index (χ0) is 14.3. The summed E-state index contributed by atoms with van der Waals surface area (Å²) in [5, 5.41) is 5.81. The van der Waals surface area contributed by atoms with Crippen LogP contribution in [-0.4, -0.2) is 74.0 Å². The topological polar surface area (TPSA) is 64.7 Å². The SMILES string of the molecule is C#CCNC(=O)C(C)N(C)CC(=O)N1CCNCC1. The van der Waals surface area contributed by atoms with E-state index in [1.807, 2.05) is 4.90 Å². The highest BCUT2D eigenvalue weighted by Crippen LogP contribution is 2.00. The minimum Gasteiger partial charge on any atom is -0.344 e. The highest BCUT2D eigenvalue weighted by Gasteiger charge is 2.23. The number of amides is 2. The maximum Gasteiger partial charge on any atom is 0.237 e. The molecule has 0 spiro atoms. The molecule has 0 aromatic rings. The summed E-state index contributed by atoms with van der Waals surface area (Å²) in [5.41, 5.74) is 0. The molecule has 106 valence electrons. The van der Waals surface area contributed by atoms with Crippen LogP contribution >= 0.6 is 0 Å². The lowest BCUT2D eigenvalue weighted by atomic mass is 10.2. The predicted molar refractivity (Wildman–Crippen MR) is 73.4 cm³/mol. The molecule has 0 bridgehead atoms. The van der Waals surface area contributed by atoms with E-state index in [-0.39, 0.29) is 30.9 Å². The van der Waals surface area contributed by atoms with Crippen LogP contribution in [0.2, 0.25) is 0 Å². The second kappa shape index (κ2) is 7.77. The van der Waals surface area contributed by atoms with Gasteiger partial charge in [0.15, 0.2) is 0 Å². The molecular weight excluding hydrogens is 244 g/mol. The Hall–Kier alpha value is -1.58. The number of carbonyl (C=O) groups is 2. The summed E-state index contributed by atoms with van der Waals surface area (Å²) in [4.78, 5) is 27.3. The summed E-state index contributed by atoms with van der Waals surface area (Å²) < 4.78 is 0. The number of rotatable bonds is 5. The third-order valence-electron chi connectivity index (χ3n) is 3.26. The molecule has 0 aliphatic carbocycles. The summed E-state index contributed by atoms with van der Waals surface area (Å²) in [7, 11) is 1.76. The highest BCUT2D eigenvalue weighted by molar-refractivity contribution is 5.83. The molecule has 0 aromatic carbocycles. The summed E-state index contributed by atoms with van der Waals surface area (Å²) in [6.07, 6.45) is 5.09. The number of nitrogens with zero attached hydrogens (tertiary/aromatic N) is 2. The Balaban J connectivity index is 2.40. The van der Waals surface area contributed by atoms with E-state index in [0.717, 1.165) is 26.2 Å². The number of terminal acetylenes is 1. The van der Waals surface area contributed by atoms with Gasteiger partial charge in [0.25, 0.3) is 0 Å². The zero-order valence-corrected chi connectivity index (χ0v) is 11.6. The van der Waals surface area contributed by atoms with Crippen LogP contribution in [-0.2, 0) is 9.59 Å². The summed E-state index contributed by atoms with van der Waals surface area (Å²) in [6.45, 7) is 5.32. The normalized spacial score (nSPS) is 16.8. The number of nitrogens with one attached hydrogen (secondary N) is 2. The van der Waals surface area contributed by atoms with Gasteiger partial charge in [-0.2, -0.15) is 0 Å². The van der Waals surface area contributed by atoms with Gasteiger partial charge in [-0.05, 0) is 14.0 Å². The molecule has 6 heteroatoms. The first-order chi connectivity index (χ1) is 9.06. The number of likely N-dealkylation sites (N-methyl/N-ethyl adjacent to an activating group) is 1. The third kappa shape index (κ3) is 4.89. The predicted octanol–water partition coefficient (Wildman–Crippen LogP) is -1.51. The first-order valence-corrected chi connectivity index (χ1v) is 6.46. The number of hydrogen-bond donors (Lipinski definition) is 2. The van der Waals surface area contributed by atoms with Crippen molar-refractivity contribution in [1.82, 2.24) is 20.4 Å². The first-order valence-electron chi connectivity index (χ1n) is 6.46. The van der Waals surface area contributed by atoms with E-state index in [1.165, 1.54) is 0 Å². The second-order valence-corrected chi connectivity index (χ2v) is 4.64. The fourth-order valence-electron chi connectivity index (χ4n) is 1.85. The van der Waals surface area contributed by atoms with Crippen LogP contribution in [0.1, 0.15) is 6.92 Å². The molecule has 1 aliphatic heterocycles. The maximum atomic E-state index is 12.0. The van der Waals surface area contributed by atoms with Crippen LogP contribution in [0.25, 0.3) is 0 Å². The van der Waals surface area contributed by atoms with Crippen LogP contribution in [0.15, 0.2) is 0 Å². The van der Waals surface area contributed by atoms with Gasteiger partial charge in [-0.25, -0.2) is 0 Å². The molecule has 1 fully saturated rings. The Morgan fingerprint density at radius 1 is 1.47 bits per heavy atom. The smallest absolute Gasteiger partial charge is 0.237 e. The molecule has 1 aliphatic rings. The lowest BCUT2D eigenvalue weighted by Gasteiger charge is -2.30. The van der Waals surface area contributed by atoms with E-state index >= 15 is 0 Å². The number of carbonyl (C=O) groups excluding carboxylic acids is 2. The van der Waals surface area contributed by atoms with Crippen LogP contribution in [0, 0.1) is 12.3 Å². The average molecular weight is 266 g/mol. The van der Waals surface area contributed by atoms with Gasteiger partial charge in [0, 0.05) is 26.2 Å². The van der Waals surface area contributed by atoms with Crippen molar-refractivity contribution in [2.24, 2.45) is 0 Å². The van der Waals surface area contributed by atoms with Crippen LogP contribution in [0.5, 0.6) is 0 Å². The van der Waals surface area contributed by atoms with Gasteiger partial charge in [0.05, 0.1) is 19.1 Å². The first kappa shape index (κ1) is 15.5. The number of piperazine rings is 1. The van der Waals surface area contributed by atoms with Crippen LogP contribution in [0.3, 0.4) is 0 Å². The quantitative estimate of drug-likeness (QED) is 0.594. The van der Waals surface area contributed by atoms with E-state index in [0.29, 0.717) is 0 Å². The molecule has 1 rings (SSSR count).